The highest BCUT2D eigenvalue weighted by molar-refractivity contribution is 5.75. The van der Waals surface area contributed by atoms with Crippen molar-refractivity contribution in [2.24, 2.45) is 5.73 Å². The van der Waals surface area contributed by atoms with Crippen LogP contribution in [0.5, 0.6) is 0 Å². The maximum Gasteiger partial charge on any atom is 0.220 e. The summed E-state index contributed by atoms with van der Waals surface area (Å²) in [6.07, 6.45) is 60.1. The number of unbranched alkanes of at least 4 members (excludes halogenated alkanes) is 36. The number of primary amides is 1. The number of amides is 2. The van der Waals surface area contributed by atoms with Crippen LogP contribution in [0.3, 0.4) is 0 Å². The van der Waals surface area contributed by atoms with E-state index in [1.54, 1.807) is 0 Å². The number of allylic oxidation sites excluding steroid dienone is 1. The van der Waals surface area contributed by atoms with Crippen molar-refractivity contribution in [1.82, 2.24) is 5.32 Å². The molecule has 0 aliphatic heterocycles. The minimum atomic E-state index is -0.151. The van der Waals surface area contributed by atoms with Gasteiger partial charge in [0.1, 0.15) is 0 Å². The van der Waals surface area contributed by atoms with Gasteiger partial charge in [-0.2, -0.15) is 0 Å². The minimum absolute atomic E-state index is 0.151. The molecule has 0 aliphatic rings. The van der Waals surface area contributed by atoms with Gasteiger partial charge in [-0.1, -0.05) is 264 Å². The fourth-order valence-electron chi connectivity index (χ4n) is 7.33. The number of nitrogens with two attached hydrogens (primary N) is 1. The van der Waals surface area contributed by atoms with Gasteiger partial charge in [0.15, 0.2) is 0 Å². The highest BCUT2D eigenvalue weighted by atomic mass is 16.1. The monoisotopic (exact) mass is 761 g/mol. The maximum absolute atomic E-state index is 11.8. The van der Waals surface area contributed by atoms with E-state index in [0.29, 0.717) is 12.8 Å². The van der Waals surface area contributed by atoms with Gasteiger partial charge in [0.05, 0.1) is 0 Å². The van der Waals surface area contributed by atoms with E-state index in [2.05, 4.69) is 38.2 Å². The van der Waals surface area contributed by atoms with Gasteiger partial charge in [-0.3, -0.25) is 9.59 Å². The van der Waals surface area contributed by atoms with E-state index in [9.17, 15) is 9.59 Å². The van der Waals surface area contributed by atoms with Gasteiger partial charge in [-0.05, 0) is 25.7 Å². The molecule has 0 spiro atoms. The largest absolute Gasteiger partial charge is 0.370 e. The molecule has 0 saturated carbocycles. The number of hydrogen-bond acceptors (Lipinski definition) is 2. The molecule has 0 atom stereocenters. The SMILES string of the molecule is CCCCC=CCCNC(=O)CCCCCCCCCCCCCCCCCCCC.CCCCCCCCCCCCCCCCCCCCC(N)=O. The third-order valence-electron chi connectivity index (χ3n) is 11.1. The maximum atomic E-state index is 11.8. The highest BCUT2D eigenvalue weighted by Gasteiger charge is 2.01. The van der Waals surface area contributed by atoms with Crippen molar-refractivity contribution in [2.75, 3.05) is 6.54 Å². The van der Waals surface area contributed by atoms with Crippen molar-refractivity contribution < 1.29 is 9.59 Å². The standard InChI is InChI=1S/C29H57NO.C21H43NO/c1-3-5-7-9-11-12-13-14-15-16-17-18-19-20-21-22-23-25-27-29(31)30-28-26-24-10-8-6-4-2;1-2-3-4-5-6-7-8-9-10-11-12-13-14-15-16-17-18-19-20-21(22)23/h10,24H,3-9,11-23,25-28H2,1-2H3,(H,30,31);2-20H2,1H3,(H2,22,23). The summed E-state index contributed by atoms with van der Waals surface area (Å²) in [6.45, 7) is 7.58. The average Bonchev–Trinajstić information content (AvgIpc) is 3.16. The molecule has 0 rings (SSSR count). The topological polar surface area (TPSA) is 72.2 Å². The Morgan fingerprint density at radius 2 is 0.611 bits per heavy atom. The van der Waals surface area contributed by atoms with E-state index in [1.165, 1.54) is 238 Å². The summed E-state index contributed by atoms with van der Waals surface area (Å²) in [5, 5.41) is 3.04. The van der Waals surface area contributed by atoms with E-state index in [1.807, 2.05) is 0 Å². The van der Waals surface area contributed by atoms with Crippen LogP contribution in [0, 0.1) is 0 Å². The van der Waals surface area contributed by atoms with Crippen molar-refractivity contribution in [1.29, 1.82) is 0 Å². The first-order valence-corrected chi connectivity index (χ1v) is 24.8. The fraction of sp³-hybridized carbons (Fsp3) is 0.920. The van der Waals surface area contributed by atoms with Gasteiger partial charge >= 0.3 is 0 Å². The molecular weight excluding hydrogens is 661 g/mol. The lowest BCUT2D eigenvalue weighted by molar-refractivity contribution is -0.121. The van der Waals surface area contributed by atoms with Crippen molar-refractivity contribution in [3.63, 3.8) is 0 Å². The second-order valence-electron chi connectivity index (χ2n) is 16.7. The Hall–Kier alpha value is -1.32. The zero-order chi connectivity index (χ0) is 39.7. The number of hydrogen-bond donors (Lipinski definition) is 2. The van der Waals surface area contributed by atoms with Gasteiger partial charge in [-0.15, -0.1) is 0 Å². The highest BCUT2D eigenvalue weighted by Crippen LogP contribution is 2.16. The second-order valence-corrected chi connectivity index (χ2v) is 16.7. The second kappa shape index (κ2) is 51.7. The van der Waals surface area contributed by atoms with E-state index >= 15 is 0 Å². The van der Waals surface area contributed by atoms with Crippen molar-refractivity contribution in [3.05, 3.63) is 12.2 Å². The molecule has 0 saturated heterocycles. The number of carbonyl (C=O) groups is 2. The predicted octanol–water partition coefficient (Wildman–Crippen LogP) is 16.6. The van der Waals surface area contributed by atoms with Crippen LogP contribution in [-0.4, -0.2) is 18.4 Å². The fourth-order valence-corrected chi connectivity index (χ4v) is 7.33. The minimum Gasteiger partial charge on any atom is -0.370 e. The summed E-state index contributed by atoms with van der Waals surface area (Å²) in [4.78, 5) is 22.4. The normalized spacial score (nSPS) is 11.2. The summed E-state index contributed by atoms with van der Waals surface area (Å²) < 4.78 is 0. The van der Waals surface area contributed by atoms with Crippen LogP contribution in [0.1, 0.15) is 290 Å². The lowest BCUT2D eigenvalue weighted by atomic mass is 10.0. The lowest BCUT2D eigenvalue weighted by Crippen LogP contribution is -2.23. The molecule has 0 aromatic heterocycles. The molecule has 4 heteroatoms. The molecule has 0 aliphatic carbocycles. The van der Waals surface area contributed by atoms with E-state index in [4.69, 9.17) is 5.73 Å². The first-order chi connectivity index (χ1) is 26.6. The molecule has 322 valence electrons. The molecule has 54 heavy (non-hydrogen) atoms. The third-order valence-corrected chi connectivity index (χ3v) is 11.1. The molecule has 2 amide bonds. The van der Waals surface area contributed by atoms with Gasteiger partial charge in [-0.25, -0.2) is 0 Å². The Kier molecular flexibility index (Phi) is 52.4. The first kappa shape index (κ1) is 54.8. The van der Waals surface area contributed by atoms with Crippen molar-refractivity contribution >= 4 is 11.8 Å². The molecule has 0 aromatic carbocycles. The zero-order valence-corrected chi connectivity index (χ0v) is 37.5. The third kappa shape index (κ3) is 55.0. The van der Waals surface area contributed by atoms with Crippen molar-refractivity contribution in [2.45, 2.75) is 290 Å². The quantitative estimate of drug-likeness (QED) is 0.0479. The summed E-state index contributed by atoms with van der Waals surface area (Å²) >= 11 is 0. The summed E-state index contributed by atoms with van der Waals surface area (Å²) in [7, 11) is 0. The van der Waals surface area contributed by atoms with Crippen molar-refractivity contribution in [3.8, 4) is 0 Å². The molecule has 3 N–H and O–H groups in total. The molecular formula is C50H100N2O2. The van der Waals surface area contributed by atoms with Crippen LogP contribution >= 0.6 is 0 Å². The van der Waals surface area contributed by atoms with Gasteiger partial charge in [0.25, 0.3) is 0 Å². The smallest absolute Gasteiger partial charge is 0.220 e. The van der Waals surface area contributed by atoms with Gasteiger partial charge < -0.3 is 11.1 Å². The molecule has 0 unspecified atom stereocenters. The number of nitrogens with one attached hydrogen (secondary N) is 1. The molecule has 0 aromatic rings. The Bertz CT molecular complexity index is 736. The zero-order valence-electron chi connectivity index (χ0n) is 37.5. The average molecular weight is 761 g/mol. The summed E-state index contributed by atoms with van der Waals surface area (Å²) in [5.74, 6) is 0.0833. The van der Waals surface area contributed by atoms with Crippen LogP contribution in [-0.2, 0) is 9.59 Å². The van der Waals surface area contributed by atoms with E-state index in [0.717, 1.165) is 25.8 Å². The molecule has 0 radical (unpaired) electrons. The summed E-state index contributed by atoms with van der Waals surface area (Å²) in [5.41, 5.74) is 5.13. The van der Waals surface area contributed by atoms with E-state index < -0.39 is 0 Å². The number of rotatable bonds is 44. The Morgan fingerprint density at radius 3 is 0.907 bits per heavy atom. The molecule has 0 fully saturated rings. The van der Waals surface area contributed by atoms with Crippen LogP contribution in [0.25, 0.3) is 0 Å². The van der Waals surface area contributed by atoms with Crippen LogP contribution in [0.4, 0.5) is 0 Å². The molecule has 0 heterocycles. The van der Waals surface area contributed by atoms with Crippen LogP contribution in [0.15, 0.2) is 12.2 Å². The van der Waals surface area contributed by atoms with Gasteiger partial charge in [0.2, 0.25) is 11.8 Å². The van der Waals surface area contributed by atoms with E-state index in [-0.39, 0.29) is 11.8 Å². The first-order valence-electron chi connectivity index (χ1n) is 24.8. The Labute approximate surface area is 340 Å². The number of carbonyl (C=O) groups excluding carboxylic acids is 2. The molecule has 0 bridgehead atoms. The Morgan fingerprint density at radius 1 is 0.352 bits per heavy atom. The summed E-state index contributed by atoms with van der Waals surface area (Å²) in [6, 6.07) is 0. The predicted molar refractivity (Wildman–Crippen MR) is 242 cm³/mol. The van der Waals surface area contributed by atoms with Gasteiger partial charge in [0, 0.05) is 19.4 Å². The Balaban J connectivity index is 0. The lowest BCUT2D eigenvalue weighted by Gasteiger charge is -2.05. The van der Waals surface area contributed by atoms with Crippen LogP contribution < -0.4 is 11.1 Å². The molecule has 4 nitrogen and oxygen atoms in total. The van der Waals surface area contributed by atoms with Crippen LogP contribution in [0.2, 0.25) is 0 Å².